The van der Waals surface area contributed by atoms with E-state index in [9.17, 15) is 8.42 Å². The van der Waals surface area contributed by atoms with E-state index in [1.807, 2.05) is 19.1 Å². The van der Waals surface area contributed by atoms with Crippen LogP contribution in [-0.2, 0) is 14.8 Å². The summed E-state index contributed by atoms with van der Waals surface area (Å²) in [5.74, 6) is 0.402. The van der Waals surface area contributed by atoms with Gasteiger partial charge in [-0.3, -0.25) is 0 Å². The van der Waals surface area contributed by atoms with Crippen LogP contribution in [-0.4, -0.2) is 64.1 Å². The Hall–Kier alpha value is -0.950. The average molecular weight is 353 g/mol. The summed E-state index contributed by atoms with van der Waals surface area (Å²) < 4.78 is 33.3. The van der Waals surface area contributed by atoms with Gasteiger partial charge in [-0.2, -0.15) is 4.31 Å². The molecule has 0 aromatic heterocycles. The molecule has 3 rings (SSSR count). The molecule has 6 heteroatoms. The molecule has 2 saturated heterocycles. The highest BCUT2D eigenvalue weighted by Gasteiger charge is 2.52. The van der Waals surface area contributed by atoms with Gasteiger partial charge in [0.05, 0.1) is 11.5 Å². The fourth-order valence-electron chi connectivity index (χ4n) is 4.32. The van der Waals surface area contributed by atoms with Crippen molar-refractivity contribution in [3.05, 3.63) is 29.8 Å². The van der Waals surface area contributed by atoms with Crippen molar-refractivity contribution >= 4 is 10.0 Å². The second-order valence-electron chi connectivity index (χ2n) is 7.20. The zero-order chi connectivity index (χ0) is 17.4. The van der Waals surface area contributed by atoms with Crippen LogP contribution in [0, 0.1) is 18.3 Å². The molecule has 0 saturated carbocycles. The minimum absolute atomic E-state index is 0.0295. The molecule has 1 aromatic rings. The molecule has 0 unspecified atom stereocenters. The number of likely N-dealkylation sites (tertiary alicyclic amines) is 1. The van der Waals surface area contributed by atoms with Gasteiger partial charge >= 0.3 is 0 Å². The highest BCUT2D eigenvalue weighted by Crippen LogP contribution is 2.45. The van der Waals surface area contributed by atoms with Gasteiger partial charge in [-0.15, -0.1) is 0 Å². The molecule has 2 aliphatic rings. The SMILES string of the molecule is CCN1C[C@@H](COC)[C@@]2(CCN(S(=O)(=O)c3ccccc3C)C2)C1. The zero-order valence-corrected chi connectivity index (χ0v) is 15.7. The summed E-state index contributed by atoms with van der Waals surface area (Å²) in [7, 11) is -1.69. The Balaban J connectivity index is 1.85. The lowest BCUT2D eigenvalue weighted by atomic mass is 9.78. The minimum Gasteiger partial charge on any atom is -0.384 e. The van der Waals surface area contributed by atoms with Crippen LogP contribution in [0.5, 0.6) is 0 Å². The van der Waals surface area contributed by atoms with Crippen LogP contribution < -0.4 is 0 Å². The molecule has 0 radical (unpaired) electrons. The van der Waals surface area contributed by atoms with Crippen molar-refractivity contribution in [2.24, 2.45) is 11.3 Å². The summed E-state index contributed by atoms with van der Waals surface area (Å²) in [4.78, 5) is 2.86. The van der Waals surface area contributed by atoms with Crippen LogP contribution >= 0.6 is 0 Å². The molecular formula is C18H28N2O3S. The zero-order valence-electron chi connectivity index (χ0n) is 14.9. The Morgan fingerprint density at radius 1 is 1.29 bits per heavy atom. The average Bonchev–Trinajstić information content (AvgIpc) is 3.14. The predicted octanol–water partition coefficient (Wildman–Crippen LogP) is 1.97. The number of rotatable bonds is 5. The third-order valence-corrected chi connectivity index (χ3v) is 7.77. The molecule has 2 aliphatic heterocycles. The van der Waals surface area contributed by atoms with Crippen LogP contribution in [0.3, 0.4) is 0 Å². The normalized spacial score (nSPS) is 28.9. The molecule has 2 atom stereocenters. The van der Waals surface area contributed by atoms with Gasteiger partial charge in [0.15, 0.2) is 0 Å². The number of methoxy groups -OCH3 is 1. The van der Waals surface area contributed by atoms with E-state index in [1.54, 1.807) is 23.5 Å². The third kappa shape index (κ3) is 3.01. The number of aryl methyl sites for hydroxylation is 1. The lowest BCUT2D eigenvalue weighted by Crippen LogP contribution is -2.38. The first-order valence-corrected chi connectivity index (χ1v) is 10.1. The van der Waals surface area contributed by atoms with E-state index in [0.29, 0.717) is 30.5 Å². The monoisotopic (exact) mass is 352 g/mol. The maximum absolute atomic E-state index is 13.1. The van der Waals surface area contributed by atoms with E-state index < -0.39 is 10.0 Å². The molecule has 1 spiro atoms. The van der Waals surface area contributed by atoms with Crippen LogP contribution in [0.2, 0.25) is 0 Å². The van der Waals surface area contributed by atoms with Crippen molar-refractivity contribution in [2.75, 3.05) is 46.4 Å². The van der Waals surface area contributed by atoms with Crippen molar-refractivity contribution < 1.29 is 13.2 Å². The smallest absolute Gasteiger partial charge is 0.243 e. The first-order valence-electron chi connectivity index (χ1n) is 8.70. The van der Waals surface area contributed by atoms with Gasteiger partial charge in [-0.05, 0) is 31.5 Å². The molecule has 2 fully saturated rings. The highest BCUT2D eigenvalue weighted by molar-refractivity contribution is 7.89. The number of benzene rings is 1. The Morgan fingerprint density at radius 2 is 2.04 bits per heavy atom. The van der Waals surface area contributed by atoms with Crippen LogP contribution in [0.25, 0.3) is 0 Å². The second kappa shape index (κ2) is 6.75. The lowest BCUT2D eigenvalue weighted by Gasteiger charge is -2.30. The lowest BCUT2D eigenvalue weighted by molar-refractivity contribution is 0.101. The fourth-order valence-corrected chi connectivity index (χ4v) is 6.09. The van der Waals surface area contributed by atoms with E-state index in [1.165, 1.54) is 0 Å². The van der Waals surface area contributed by atoms with Crippen molar-refractivity contribution in [2.45, 2.75) is 25.2 Å². The van der Waals surface area contributed by atoms with Gasteiger partial charge in [-0.25, -0.2) is 8.42 Å². The van der Waals surface area contributed by atoms with E-state index in [0.717, 1.165) is 31.6 Å². The summed E-state index contributed by atoms with van der Waals surface area (Å²) in [5, 5.41) is 0. The molecule has 0 aliphatic carbocycles. The first-order chi connectivity index (χ1) is 11.4. The molecule has 134 valence electrons. The molecule has 1 aromatic carbocycles. The Labute approximate surface area is 145 Å². The largest absolute Gasteiger partial charge is 0.384 e. The summed E-state index contributed by atoms with van der Waals surface area (Å²) in [6, 6.07) is 7.26. The fraction of sp³-hybridized carbons (Fsp3) is 0.667. The van der Waals surface area contributed by atoms with Gasteiger partial charge < -0.3 is 9.64 Å². The van der Waals surface area contributed by atoms with E-state index in [4.69, 9.17) is 4.74 Å². The summed E-state index contributed by atoms with van der Waals surface area (Å²) in [6.45, 7) is 8.92. The van der Waals surface area contributed by atoms with Gasteiger partial charge in [0, 0.05) is 44.6 Å². The number of hydrogen-bond acceptors (Lipinski definition) is 4. The molecule has 2 heterocycles. The van der Waals surface area contributed by atoms with E-state index in [2.05, 4.69) is 11.8 Å². The van der Waals surface area contributed by atoms with Gasteiger partial charge in [0.1, 0.15) is 0 Å². The quantitative estimate of drug-likeness (QED) is 0.813. The Bertz CT molecular complexity index is 691. The van der Waals surface area contributed by atoms with Crippen LogP contribution in [0.1, 0.15) is 18.9 Å². The second-order valence-corrected chi connectivity index (χ2v) is 9.10. The number of hydrogen-bond donors (Lipinski definition) is 0. The van der Waals surface area contributed by atoms with Gasteiger partial charge in [0.2, 0.25) is 10.0 Å². The maximum Gasteiger partial charge on any atom is 0.243 e. The predicted molar refractivity (Wildman–Crippen MR) is 94.5 cm³/mol. The number of ether oxygens (including phenoxy) is 1. The van der Waals surface area contributed by atoms with Crippen LogP contribution in [0.15, 0.2) is 29.2 Å². The molecule has 0 amide bonds. The molecule has 5 nitrogen and oxygen atoms in total. The number of sulfonamides is 1. The minimum atomic E-state index is -3.42. The van der Waals surface area contributed by atoms with Crippen molar-refractivity contribution in [1.29, 1.82) is 0 Å². The van der Waals surface area contributed by atoms with Crippen molar-refractivity contribution in [3.63, 3.8) is 0 Å². The summed E-state index contributed by atoms with van der Waals surface area (Å²) in [6.07, 6.45) is 0.919. The Morgan fingerprint density at radius 3 is 2.71 bits per heavy atom. The molecule has 0 bridgehead atoms. The van der Waals surface area contributed by atoms with Gasteiger partial charge in [0.25, 0.3) is 0 Å². The Kier molecular flexibility index (Phi) is 5.02. The highest BCUT2D eigenvalue weighted by atomic mass is 32.2. The molecular weight excluding hydrogens is 324 g/mol. The van der Waals surface area contributed by atoms with Crippen molar-refractivity contribution in [1.82, 2.24) is 9.21 Å². The number of nitrogens with zero attached hydrogens (tertiary/aromatic N) is 2. The van der Waals surface area contributed by atoms with E-state index in [-0.39, 0.29) is 5.41 Å². The third-order valence-electron chi connectivity index (χ3n) is 5.76. The van der Waals surface area contributed by atoms with Crippen molar-refractivity contribution in [3.8, 4) is 0 Å². The van der Waals surface area contributed by atoms with Crippen LogP contribution in [0.4, 0.5) is 0 Å². The summed E-state index contributed by atoms with van der Waals surface area (Å²) in [5.41, 5.74) is 0.843. The molecule has 24 heavy (non-hydrogen) atoms. The van der Waals surface area contributed by atoms with E-state index >= 15 is 0 Å². The summed E-state index contributed by atoms with van der Waals surface area (Å²) >= 11 is 0. The molecule has 0 N–H and O–H groups in total. The maximum atomic E-state index is 13.1. The standard InChI is InChI=1S/C18H28N2O3S/c1-4-19-11-16(12-23-3)18(13-19)9-10-20(14-18)24(21,22)17-8-6-5-7-15(17)2/h5-8,16H,4,9-14H2,1-3H3/t16-,18-/m0/s1. The van der Waals surface area contributed by atoms with Gasteiger partial charge in [-0.1, -0.05) is 25.1 Å². The topological polar surface area (TPSA) is 49.9 Å². The first kappa shape index (κ1) is 17.9.